The van der Waals surface area contributed by atoms with E-state index >= 15 is 0 Å². The summed E-state index contributed by atoms with van der Waals surface area (Å²) in [6.07, 6.45) is 2.96. The van der Waals surface area contributed by atoms with E-state index in [-0.39, 0.29) is 18.1 Å². The van der Waals surface area contributed by atoms with E-state index in [0.717, 1.165) is 82.4 Å². The van der Waals surface area contributed by atoms with Crippen molar-refractivity contribution in [1.82, 2.24) is 15.1 Å². The number of hydrogen-bond acceptors (Lipinski definition) is 6. The Balaban J connectivity index is 1.43. The molecule has 0 saturated carbocycles. The molecule has 0 spiro atoms. The van der Waals surface area contributed by atoms with Crippen molar-refractivity contribution < 1.29 is 23.7 Å². The molecule has 0 radical (unpaired) electrons. The maximum atomic E-state index is 13.2. The molecule has 0 bridgehead atoms. The highest BCUT2D eigenvalue weighted by molar-refractivity contribution is 5.75. The molecule has 0 aliphatic carbocycles. The molecule has 3 heterocycles. The van der Waals surface area contributed by atoms with Crippen LogP contribution in [0.4, 0.5) is 4.79 Å². The summed E-state index contributed by atoms with van der Waals surface area (Å²) >= 11 is 0. The monoisotopic (exact) mass is 433 g/mol. The highest BCUT2D eigenvalue weighted by atomic mass is 16.5. The molecule has 1 N–H and O–H groups in total. The van der Waals surface area contributed by atoms with E-state index in [2.05, 4.69) is 10.2 Å². The first-order valence-electron chi connectivity index (χ1n) is 11.4. The SMILES string of the molecule is COc1ccc([C@@H]2CCCN2C(=O)NC[C@@H]([C@@H]2CCOC2)N2CCOCC2)c(OC)c1. The topological polar surface area (TPSA) is 72.5 Å². The zero-order chi connectivity index (χ0) is 21.6. The number of carbonyl (C=O) groups is 1. The van der Waals surface area contributed by atoms with Crippen molar-refractivity contribution in [2.45, 2.75) is 31.3 Å². The molecule has 3 aliphatic rings. The second-order valence-electron chi connectivity index (χ2n) is 8.48. The smallest absolute Gasteiger partial charge is 0.317 e. The Morgan fingerprint density at radius 1 is 1.13 bits per heavy atom. The number of nitrogens with zero attached hydrogens (tertiary/aromatic N) is 2. The van der Waals surface area contributed by atoms with Crippen LogP contribution in [0.5, 0.6) is 11.5 Å². The van der Waals surface area contributed by atoms with Crippen LogP contribution < -0.4 is 14.8 Å². The molecule has 172 valence electrons. The normalized spacial score (nSPS) is 25.4. The summed E-state index contributed by atoms with van der Waals surface area (Å²) < 4.78 is 22.1. The highest BCUT2D eigenvalue weighted by Crippen LogP contribution is 2.38. The fourth-order valence-corrected chi connectivity index (χ4v) is 5.08. The van der Waals surface area contributed by atoms with Crippen LogP contribution in [0, 0.1) is 5.92 Å². The number of nitrogens with one attached hydrogen (secondary N) is 1. The number of likely N-dealkylation sites (tertiary alicyclic amines) is 1. The van der Waals surface area contributed by atoms with Gasteiger partial charge in [0.15, 0.2) is 0 Å². The Kier molecular flexibility index (Phi) is 7.53. The van der Waals surface area contributed by atoms with Crippen LogP contribution in [0.25, 0.3) is 0 Å². The van der Waals surface area contributed by atoms with Crippen molar-refractivity contribution in [3.05, 3.63) is 23.8 Å². The molecule has 1 aromatic carbocycles. The van der Waals surface area contributed by atoms with Gasteiger partial charge >= 0.3 is 6.03 Å². The quantitative estimate of drug-likeness (QED) is 0.711. The standard InChI is InChI=1S/C23H35N3O5/c1-28-18-5-6-19(22(14-18)29-2)20-4-3-8-26(20)23(27)24-15-21(17-7-11-31-16-17)25-9-12-30-13-10-25/h5-6,14,17,20-21H,3-4,7-13,15-16H2,1-2H3,(H,24,27)/t17-,20+,21+/m1/s1. The minimum Gasteiger partial charge on any atom is -0.497 e. The second kappa shape index (κ2) is 10.5. The van der Waals surface area contributed by atoms with E-state index in [4.69, 9.17) is 18.9 Å². The molecule has 4 rings (SSSR count). The van der Waals surface area contributed by atoms with Crippen LogP contribution in [0.15, 0.2) is 18.2 Å². The van der Waals surface area contributed by atoms with E-state index in [0.29, 0.717) is 12.5 Å². The lowest BCUT2D eigenvalue weighted by Gasteiger charge is -2.38. The van der Waals surface area contributed by atoms with Gasteiger partial charge in [-0.25, -0.2) is 4.79 Å². The molecular formula is C23H35N3O5. The molecule has 8 nitrogen and oxygen atoms in total. The van der Waals surface area contributed by atoms with Gasteiger partial charge in [-0.05, 0) is 31.4 Å². The van der Waals surface area contributed by atoms with Crippen molar-refractivity contribution in [3.63, 3.8) is 0 Å². The van der Waals surface area contributed by atoms with Gasteiger partial charge in [-0.1, -0.05) is 0 Å². The Labute approximate surface area is 184 Å². The lowest BCUT2D eigenvalue weighted by Crippen LogP contribution is -2.53. The predicted octanol–water partition coefficient (Wildman–Crippen LogP) is 2.29. The average molecular weight is 434 g/mol. The first kappa shape index (κ1) is 22.2. The van der Waals surface area contributed by atoms with Gasteiger partial charge < -0.3 is 29.2 Å². The number of benzene rings is 1. The van der Waals surface area contributed by atoms with Crippen LogP contribution in [-0.4, -0.2) is 88.7 Å². The van der Waals surface area contributed by atoms with E-state index in [1.54, 1.807) is 14.2 Å². The molecule has 2 amide bonds. The molecule has 3 fully saturated rings. The Hall–Kier alpha value is -2.03. The summed E-state index contributed by atoms with van der Waals surface area (Å²) in [7, 11) is 3.30. The first-order chi connectivity index (χ1) is 15.2. The molecule has 3 saturated heterocycles. The number of hydrogen-bond donors (Lipinski definition) is 1. The van der Waals surface area contributed by atoms with Gasteiger partial charge in [0.2, 0.25) is 0 Å². The molecule has 3 atom stereocenters. The maximum Gasteiger partial charge on any atom is 0.317 e. The molecule has 0 aromatic heterocycles. The lowest BCUT2D eigenvalue weighted by molar-refractivity contribution is 0.00183. The summed E-state index contributed by atoms with van der Waals surface area (Å²) in [5, 5.41) is 3.24. The third kappa shape index (κ3) is 5.07. The summed E-state index contributed by atoms with van der Waals surface area (Å²) in [6.45, 7) is 6.29. The third-order valence-electron chi connectivity index (χ3n) is 6.80. The van der Waals surface area contributed by atoms with Crippen molar-refractivity contribution >= 4 is 6.03 Å². The van der Waals surface area contributed by atoms with Crippen LogP contribution >= 0.6 is 0 Å². The van der Waals surface area contributed by atoms with Gasteiger partial charge in [-0.3, -0.25) is 4.90 Å². The Bertz CT molecular complexity index is 734. The minimum atomic E-state index is -0.00227. The van der Waals surface area contributed by atoms with Crippen molar-refractivity contribution in [3.8, 4) is 11.5 Å². The van der Waals surface area contributed by atoms with Gasteiger partial charge in [-0.15, -0.1) is 0 Å². The number of morpholine rings is 1. The van der Waals surface area contributed by atoms with Crippen LogP contribution in [-0.2, 0) is 9.47 Å². The van der Waals surface area contributed by atoms with Crippen molar-refractivity contribution in [2.75, 3.05) is 66.8 Å². The van der Waals surface area contributed by atoms with E-state index < -0.39 is 0 Å². The van der Waals surface area contributed by atoms with Gasteiger partial charge in [0, 0.05) is 56.4 Å². The minimum absolute atomic E-state index is 0.00227. The molecule has 3 aliphatic heterocycles. The number of amides is 2. The van der Waals surface area contributed by atoms with E-state index in [1.165, 1.54) is 0 Å². The maximum absolute atomic E-state index is 13.2. The molecule has 1 aromatic rings. The third-order valence-corrected chi connectivity index (χ3v) is 6.80. The van der Waals surface area contributed by atoms with Gasteiger partial charge in [-0.2, -0.15) is 0 Å². The summed E-state index contributed by atoms with van der Waals surface area (Å²) in [4.78, 5) is 17.6. The zero-order valence-corrected chi connectivity index (χ0v) is 18.7. The molecule has 0 unspecified atom stereocenters. The zero-order valence-electron chi connectivity index (χ0n) is 18.7. The fraction of sp³-hybridized carbons (Fsp3) is 0.696. The van der Waals surface area contributed by atoms with Crippen LogP contribution in [0.2, 0.25) is 0 Å². The average Bonchev–Trinajstić information content (AvgIpc) is 3.52. The predicted molar refractivity (Wildman–Crippen MR) is 117 cm³/mol. The number of ether oxygens (including phenoxy) is 4. The highest BCUT2D eigenvalue weighted by Gasteiger charge is 2.35. The van der Waals surface area contributed by atoms with E-state index in [1.807, 2.05) is 23.1 Å². The largest absolute Gasteiger partial charge is 0.497 e. The lowest BCUT2D eigenvalue weighted by atomic mass is 9.97. The second-order valence-corrected chi connectivity index (χ2v) is 8.48. The Morgan fingerprint density at radius 2 is 1.97 bits per heavy atom. The number of rotatable bonds is 7. The summed E-state index contributed by atoms with van der Waals surface area (Å²) in [5.74, 6) is 1.97. The van der Waals surface area contributed by atoms with Gasteiger partial charge in [0.25, 0.3) is 0 Å². The van der Waals surface area contributed by atoms with E-state index in [9.17, 15) is 4.79 Å². The fourth-order valence-electron chi connectivity index (χ4n) is 5.08. The first-order valence-corrected chi connectivity index (χ1v) is 11.4. The number of urea groups is 1. The van der Waals surface area contributed by atoms with Crippen LogP contribution in [0.1, 0.15) is 30.9 Å². The van der Waals surface area contributed by atoms with Crippen molar-refractivity contribution in [2.24, 2.45) is 5.92 Å². The number of methoxy groups -OCH3 is 2. The Morgan fingerprint density at radius 3 is 2.68 bits per heavy atom. The van der Waals surface area contributed by atoms with Gasteiger partial charge in [0.05, 0.1) is 40.1 Å². The molecular weight excluding hydrogens is 398 g/mol. The summed E-state index contributed by atoms with van der Waals surface area (Å²) in [5.41, 5.74) is 1.03. The van der Waals surface area contributed by atoms with Crippen molar-refractivity contribution in [1.29, 1.82) is 0 Å². The molecule has 8 heteroatoms. The summed E-state index contributed by atoms with van der Waals surface area (Å²) in [6, 6.07) is 6.13. The molecule has 31 heavy (non-hydrogen) atoms. The number of carbonyl (C=O) groups excluding carboxylic acids is 1. The van der Waals surface area contributed by atoms with Gasteiger partial charge in [0.1, 0.15) is 11.5 Å². The van der Waals surface area contributed by atoms with Crippen LogP contribution in [0.3, 0.4) is 0 Å².